The summed E-state index contributed by atoms with van der Waals surface area (Å²) in [4.78, 5) is 0. The largest absolute Gasteiger partial charge is 0.310 e. The molecule has 0 radical (unpaired) electrons. The number of allylic oxidation sites excluding steroid dienone is 2. The number of nitrogens with zero attached hydrogens (tertiary/aromatic N) is 1. The van der Waals surface area contributed by atoms with E-state index in [-0.39, 0.29) is 12.1 Å². The number of hydrogen-bond donors (Lipinski definition) is 0. The first-order valence-electron chi connectivity index (χ1n) is 7.04. The summed E-state index contributed by atoms with van der Waals surface area (Å²) in [5.74, 6) is 0. The highest BCUT2D eigenvalue weighted by molar-refractivity contribution is 7.61. The van der Waals surface area contributed by atoms with E-state index in [9.17, 15) is 4.57 Å². The first kappa shape index (κ1) is 16.0. The molecule has 1 fully saturated rings. The molecular formula is C17H22NO2P. The number of likely N-dealkylation sites (N-methyl/N-ethyl adjacent to an activating group) is 1. The van der Waals surface area contributed by atoms with Crippen molar-refractivity contribution < 1.29 is 9.09 Å². The van der Waals surface area contributed by atoms with E-state index in [1.165, 1.54) is 0 Å². The Bertz CT molecular complexity index is 640. The van der Waals surface area contributed by atoms with Gasteiger partial charge in [0, 0.05) is 6.04 Å². The molecule has 0 saturated carbocycles. The van der Waals surface area contributed by atoms with E-state index in [2.05, 4.69) is 12.3 Å². The van der Waals surface area contributed by atoms with Gasteiger partial charge in [0.15, 0.2) is 0 Å². The van der Waals surface area contributed by atoms with E-state index in [1.54, 1.807) is 6.08 Å². The minimum atomic E-state index is -3.10. The van der Waals surface area contributed by atoms with Crippen molar-refractivity contribution in [2.24, 2.45) is 0 Å². The van der Waals surface area contributed by atoms with E-state index in [4.69, 9.17) is 4.52 Å². The SMILES string of the molecule is C=CC(=C=C(C)C)[P@@]1(=O)O[C@@H](c2ccccc2)[C@H](C)N1C. The first-order chi connectivity index (χ1) is 9.90. The average Bonchev–Trinajstić information content (AvgIpc) is 2.71. The average molecular weight is 303 g/mol. The molecule has 1 saturated heterocycles. The summed E-state index contributed by atoms with van der Waals surface area (Å²) in [6.45, 7) is 9.64. The van der Waals surface area contributed by atoms with Crippen LogP contribution < -0.4 is 0 Å². The highest BCUT2D eigenvalue weighted by Crippen LogP contribution is 2.67. The summed E-state index contributed by atoms with van der Waals surface area (Å²) in [6.07, 6.45) is 1.38. The molecule has 1 aliphatic heterocycles. The lowest BCUT2D eigenvalue weighted by Crippen LogP contribution is -2.23. The van der Waals surface area contributed by atoms with E-state index in [0.717, 1.165) is 11.1 Å². The van der Waals surface area contributed by atoms with Gasteiger partial charge in [0.25, 0.3) is 0 Å². The molecule has 112 valence electrons. The molecular weight excluding hydrogens is 281 g/mol. The molecule has 3 nitrogen and oxygen atoms in total. The molecule has 0 aliphatic carbocycles. The molecule has 0 aromatic heterocycles. The van der Waals surface area contributed by atoms with Crippen LogP contribution in [-0.2, 0) is 9.09 Å². The van der Waals surface area contributed by atoms with Crippen LogP contribution in [-0.4, -0.2) is 17.8 Å². The Morgan fingerprint density at radius 2 is 2.00 bits per heavy atom. The van der Waals surface area contributed by atoms with Crippen LogP contribution in [0.4, 0.5) is 0 Å². The van der Waals surface area contributed by atoms with Gasteiger partial charge in [0.2, 0.25) is 0 Å². The third-order valence-corrected chi connectivity index (χ3v) is 6.31. The van der Waals surface area contributed by atoms with E-state index in [1.807, 2.05) is 62.8 Å². The van der Waals surface area contributed by atoms with Gasteiger partial charge >= 0.3 is 7.52 Å². The second-order valence-electron chi connectivity index (χ2n) is 5.49. The van der Waals surface area contributed by atoms with Gasteiger partial charge in [-0.25, -0.2) is 4.67 Å². The smallest absolute Gasteiger partial charge is 0.304 e. The zero-order chi connectivity index (χ0) is 15.6. The van der Waals surface area contributed by atoms with Crippen molar-refractivity contribution >= 4 is 7.52 Å². The fourth-order valence-electron chi connectivity index (χ4n) is 2.45. The number of rotatable bonds is 3. The highest BCUT2D eigenvalue weighted by atomic mass is 31.2. The van der Waals surface area contributed by atoms with Gasteiger partial charge in [-0.3, -0.25) is 4.57 Å². The quantitative estimate of drug-likeness (QED) is 0.451. The third-order valence-electron chi connectivity index (χ3n) is 3.70. The Hall–Kier alpha value is -1.37. The normalized spacial score (nSPS) is 29.0. The standard InChI is InChI=1S/C17H22NO2P/c1-6-16(12-13(2)3)21(19)18(5)14(4)17(20-21)15-10-8-7-9-11-15/h6-11,14,17H,1H2,2-5H3/t14-,17+,21+/m0/s1. The van der Waals surface area contributed by atoms with Crippen molar-refractivity contribution in [3.05, 3.63) is 65.2 Å². The van der Waals surface area contributed by atoms with Crippen LogP contribution in [0.2, 0.25) is 0 Å². The fourth-order valence-corrected chi connectivity index (χ4v) is 4.86. The molecule has 0 amide bonds. The van der Waals surface area contributed by atoms with Crippen molar-refractivity contribution in [3.8, 4) is 0 Å². The summed E-state index contributed by atoms with van der Waals surface area (Å²) >= 11 is 0. The molecule has 0 N–H and O–H groups in total. The molecule has 1 heterocycles. The summed E-state index contributed by atoms with van der Waals surface area (Å²) in [5, 5.41) is 0.537. The van der Waals surface area contributed by atoms with Crippen molar-refractivity contribution in [1.82, 2.24) is 4.67 Å². The lowest BCUT2D eigenvalue weighted by molar-refractivity contribution is 0.211. The van der Waals surface area contributed by atoms with Crippen molar-refractivity contribution in [2.45, 2.75) is 32.9 Å². The van der Waals surface area contributed by atoms with Gasteiger partial charge in [-0.2, -0.15) is 0 Å². The molecule has 21 heavy (non-hydrogen) atoms. The molecule has 3 atom stereocenters. The lowest BCUT2D eigenvalue weighted by Gasteiger charge is -2.20. The van der Waals surface area contributed by atoms with Crippen molar-refractivity contribution in [2.75, 3.05) is 7.05 Å². The lowest BCUT2D eigenvalue weighted by atomic mass is 10.0. The molecule has 1 aliphatic rings. The van der Waals surface area contributed by atoms with E-state index >= 15 is 0 Å². The summed E-state index contributed by atoms with van der Waals surface area (Å²) < 4.78 is 21.2. The Morgan fingerprint density at radius 3 is 2.52 bits per heavy atom. The molecule has 0 unspecified atom stereocenters. The van der Waals surface area contributed by atoms with Crippen molar-refractivity contribution in [3.63, 3.8) is 0 Å². The van der Waals surface area contributed by atoms with Crippen LogP contribution in [0.1, 0.15) is 32.4 Å². The monoisotopic (exact) mass is 303 g/mol. The Kier molecular flexibility index (Phi) is 4.70. The molecule has 0 spiro atoms. The summed E-state index contributed by atoms with van der Waals surface area (Å²) in [6, 6.07) is 9.92. The van der Waals surface area contributed by atoms with Crippen LogP contribution in [0, 0.1) is 0 Å². The third kappa shape index (κ3) is 2.97. The Labute approximate surface area is 127 Å². The van der Waals surface area contributed by atoms with Gasteiger partial charge in [-0.15, -0.1) is 5.73 Å². The molecule has 4 heteroatoms. The predicted octanol–water partition coefficient (Wildman–Crippen LogP) is 4.91. The maximum Gasteiger partial charge on any atom is 0.310 e. The molecule has 2 rings (SSSR count). The topological polar surface area (TPSA) is 29.5 Å². The maximum absolute atomic E-state index is 13.3. The number of hydrogen-bond acceptors (Lipinski definition) is 2. The summed E-state index contributed by atoms with van der Waals surface area (Å²) in [5.41, 5.74) is 5.11. The van der Waals surface area contributed by atoms with Gasteiger partial charge in [-0.1, -0.05) is 36.9 Å². The highest BCUT2D eigenvalue weighted by Gasteiger charge is 2.48. The molecule has 1 aromatic carbocycles. The van der Waals surface area contributed by atoms with Crippen LogP contribution in [0.25, 0.3) is 0 Å². The minimum absolute atomic E-state index is 0.0205. The summed E-state index contributed by atoms with van der Waals surface area (Å²) in [7, 11) is -1.26. The minimum Gasteiger partial charge on any atom is -0.304 e. The van der Waals surface area contributed by atoms with Gasteiger partial charge < -0.3 is 4.52 Å². The van der Waals surface area contributed by atoms with Gasteiger partial charge in [0.05, 0.1) is 5.31 Å². The second-order valence-corrected chi connectivity index (χ2v) is 7.85. The van der Waals surface area contributed by atoms with Crippen LogP contribution >= 0.6 is 7.52 Å². The van der Waals surface area contributed by atoms with E-state index in [0.29, 0.717) is 5.31 Å². The Morgan fingerprint density at radius 1 is 1.38 bits per heavy atom. The predicted molar refractivity (Wildman–Crippen MR) is 87.2 cm³/mol. The molecule has 0 bridgehead atoms. The zero-order valence-corrected chi connectivity index (χ0v) is 13.9. The van der Waals surface area contributed by atoms with Crippen LogP contribution in [0.3, 0.4) is 0 Å². The second kappa shape index (κ2) is 6.17. The van der Waals surface area contributed by atoms with Gasteiger partial charge in [-0.05, 0) is 45.0 Å². The fraction of sp³-hybridized carbons (Fsp3) is 0.353. The first-order valence-corrected chi connectivity index (χ1v) is 8.61. The molecule has 1 aromatic rings. The van der Waals surface area contributed by atoms with Gasteiger partial charge in [0.1, 0.15) is 6.10 Å². The maximum atomic E-state index is 13.3. The van der Waals surface area contributed by atoms with E-state index < -0.39 is 7.52 Å². The Balaban J connectivity index is 2.47. The zero-order valence-electron chi connectivity index (χ0n) is 13.0. The number of benzene rings is 1. The van der Waals surface area contributed by atoms with Crippen LogP contribution in [0.15, 0.2) is 59.6 Å². The van der Waals surface area contributed by atoms with Crippen LogP contribution in [0.5, 0.6) is 0 Å². The van der Waals surface area contributed by atoms with Crippen molar-refractivity contribution in [1.29, 1.82) is 0 Å².